The Balaban J connectivity index is 1.33. The summed E-state index contributed by atoms with van der Waals surface area (Å²) in [5.41, 5.74) is 1.34. The van der Waals surface area contributed by atoms with Crippen molar-refractivity contribution in [3.8, 4) is 0 Å². The van der Waals surface area contributed by atoms with Gasteiger partial charge in [-0.1, -0.05) is 19.3 Å². The third kappa shape index (κ3) is 3.33. The van der Waals surface area contributed by atoms with Crippen LogP contribution in [-0.2, 0) is 6.42 Å². The Labute approximate surface area is 128 Å². The van der Waals surface area contributed by atoms with Crippen LogP contribution in [0.1, 0.15) is 69.5 Å². The van der Waals surface area contributed by atoms with Crippen LogP contribution in [0.4, 0.5) is 0 Å². The number of nitrogens with one attached hydrogen (secondary N) is 1. The molecule has 3 aliphatic rings. The van der Waals surface area contributed by atoms with Gasteiger partial charge in [0.15, 0.2) is 0 Å². The Morgan fingerprint density at radius 1 is 1.00 bits per heavy atom. The average Bonchev–Trinajstić information content (AvgIpc) is 2.93. The summed E-state index contributed by atoms with van der Waals surface area (Å²) < 4.78 is 2.26. The first kappa shape index (κ1) is 13.8. The van der Waals surface area contributed by atoms with Crippen LogP contribution in [-0.4, -0.2) is 22.4 Å². The Morgan fingerprint density at radius 3 is 2.62 bits per heavy atom. The Morgan fingerprint density at radius 2 is 1.81 bits per heavy atom. The second-order valence-corrected chi connectivity index (χ2v) is 7.56. The second-order valence-electron chi connectivity index (χ2n) is 7.56. The van der Waals surface area contributed by atoms with E-state index in [9.17, 15) is 0 Å². The van der Waals surface area contributed by atoms with Crippen molar-refractivity contribution in [2.45, 2.75) is 76.3 Å². The molecule has 3 nitrogen and oxygen atoms in total. The van der Waals surface area contributed by atoms with E-state index in [2.05, 4.69) is 22.3 Å². The van der Waals surface area contributed by atoms with Crippen molar-refractivity contribution in [3.63, 3.8) is 0 Å². The molecule has 0 spiro atoms. The highest BCUT2D eigenvalue weighted by Crippen LogP contribution is 2.35. The lowest BCUT2D eigenvalue weighted by atomic mass is 9.91. The van der Waals surface area contributed by atoms with Crippen molar-refractivity contribution < 1.29 is 0 Å². The van der Waals surface area contributed by atoms with Gasteiger partial charge in [-0.25, -0.2) is 0 Å². The zero-order valence-corrected chi connectivity index (χ0v) is 13.1. The standard InChI is InChI=1S/C18H29N3/c1-2-7-18(6-1)21-11-10-17(20-21)12-14-4-3-5-15(14)13-19-16-8-9-16/h10-11,14-16,18-19H,1-9,12-13H2. The molecule has 4 rings (SSSR count). The van der Waals surface area contributed by atoms with Gasteiger partial charge < -0.3 is 5.32 Å². The number of aromatic nitrogens is 2. The Bertz CT molecular complexity index is 457. The van der Waals surface area contributed by atoms with Gasteiger partial charge >= 0.3 is 0 Å². The topological polar surface area (TPSA) is 29.9 Å². The molecular formula is C18H29N3. The lowest BCUT2D eigenvalue weighted by Crippen LogP contribution is -2.27. The van der Waals surface area contributed by atoms with Gasteiger partial charge in [0, 0.05) is 12.2 Å². The molecule has 0 aliphatic heterocycles. The first-order valence-corrected chi connectivity index (χ1v) is 9.16. The maximum atomic E-state index is 4.89. The van der Waals surface area contributed by atoms with Crippen LogP contribution in [0.15, 0.2) is 12.3 Å². The van der Waals surface area contributed by atoms with Crippen molar-refractivity contribution >= 4 is 0 Å². The first-order chi connectivity index (χ1) is 10.4. The maximum Gasteiger partial charge on any atom is 0.0627 e. The molecule has 0 saturated heterocycles. The molecule has 116 valence electrons. The molecule has 0 radical (unpaired) electrons. The zero-order chi connectivity index (χ0) is 14.1. The number of nitrogens with zero attached hydrogens (tertiary/aromatic N) is 2. The highest BCUT2D eigenvalue weighted by atomic mass is 15.3. The highest BCUT2D eigenvalue weighted by Gasteiger charge is 2.30. The molecule has 2 atom stereocenters. The predicted octanol–water partition coefficient (Wildman–Crippen LogP) is 3.71. The summed E-state index contributed by atoms with van der Waals surface area (Å²) >= 11 is 0. The third-order valence-electron chi connectivity index (χ3n) is 5.90. The number of rotatable bonds is 6. The van der Waals surface area contributed by atoms with Crippen LogP contribution in [0, 0.1) is 11.8 Å². The van der Waals surface area contributed by atoms with E-state index >= 15 is 0 Å². The van der Waals surface area contributed by atoms with Gasteiger partial charge in [-0.2, -0.15) is 5.10 Å². The van der Waals surface area contributed by atoms with Gasteiger partial charge in [-0.05, 0) is 69.4 Å². The number of hydrogen-bond acceptors (Lipinski definition) is 2. The molecule has 3 aliphatic carbocycles. The van der Waals surface area contributed by atoms with Crippen LogP contribution in [0.5, 0.6) is 0 Å². The molecular weight excluding hydrogens is 258 g/mol. The first-order valence-electron chi connectivity index (χ1n) is 9.16. The van der Waals surface area contributed by atoms with Crippen LogP contribution < -0.4 is 5.32 Å². The van der Waals surface area contributed by atoms with Crippen LogP contribution in [0.2, 0.25) is 0 Å². The van der Waals surface area contributed by atoms with Crippen molar-refractivity contribution in [2.24, 2.45) is 11.8 Å². The molecule has 2 unspecified atom stereocenters. The summed E-state index contributed by atoms with van der Waals surface area (Å²) in [6, 6.07) is 3.82. The van der Waals surface area contributed by atoms with Gasteiger partial charge in [0.25, 0.3) is 0 Å². The van der Waals surface area contributed by atoms with Gasteiger partial charge in [-0.3, -0.25) is 4.68 Å². The predicted molar refractivity (Wildman–Crippen MR) is 85.3 cm³/mol. The lowest BCUT2D eigenvalue weighted by Gasteiger charge is -2.19. The molecule has 1 aromatic heterocycles. The van der Waals surface area contributed by atoms with Gasteiger partial charge in [0.2, 0.25) is 0 Å². The van der Waals surface area contributed by atoms with Crippen LogP contribution in [0.3, 0.4) is 0 Å². The largest absolute Gasteiger partial charge is 0.314 e. The molecule has 1 N–H and O–H groups in total. The molecule has 3 heteroatoms. The average molecular weight is 287 g/mol. The van der Waals surface area contributed by atoms with Crippen LogP contribution in [0.25, 0.3) is 0 Å². The summed E-state index contributed by atoms with van der Waals surface area (Å²) in [5, 5.41) is 8.63. The fourth-order valence-electron chi connectivity index (χ4n) is 4.38. The van der Waals surface area contributed by atoms with E-state index in [-0.39, 0.29) is 0 Å². The summed E-state index contributed by atoms with van der Waals surface area (Å²) in [7, 11) is 0. The minimum absolute atomic E-state index is 0.689. The molecule has 3 saturated carbocycles. The zero-order valence-electron chi connectivity index (χ0n) is 13.1. The van der Waals surface area contributed by atoms with E-state index in [1.165, 1.54) is 76.4 Å². The molecule has 1 aromatic rings. The Kier molecular flexibility index (Phi) is 4.02. The van der Waals surface area contributed by atoms with Crippen LogP contribution >= 0.6 is 0 Å². The highest BCUT2D eigenvalue weighted by molar-refractivity contribution is 5.03. The van der Waals surface area contributed by atoms with E-state index < -0.39 is 0 Å². The maximum absolute atomic E-state index is 4.89. The SMILES string of the molecule is c1cn(C2CCCC2)nc1CC1CCCC1CNC1CC1. The molecule has 1 heterocycles. The van der Waals surface area contributed by atoms with Gasteiger partial charge in [-0.15, -0.1) is 0 Å². The molecule has 0 amide bonds. The molecule has 0 bridgehead atoms. The minimum atomic E-state index is 0.689. The van der Waals surface area contributed by atoms with E-state index in [1.54, 1.807) is 0 Å². The fourth-order valence-corrected chi connectivity index (χ4v) is 4.38. The summed E-state index contributed by atoms with van der Waals surface area (Å²) in [5.74, 6) is 1.76. The number of hydrogen-bond donors (Lipinski definition) is 1. The lowest BCUT2D eigenvalue weighted by molar-refractivity contribution is 0.359. The van der Waals surface area contributed by atoms with Crippen molar-refractivity contribution in [3.05, 3.63) is 18.0 Å². The van der Waals surface area contributed by atoms with E-state index in [0.717, 1.165) is 17.9 Å². The molecule has 0 aromatic carbocycles. The van der Waals surface area contributed by atoms with E-state index in [0.29, 0.717) is 6.04 Å². The van der Waals surface area contributed by atoms with Gasteiger partial charge in [0.05, 0.1) is 11.7 Å². The van der Waals surface area contributed by atoms with Gasteiger partial charge in [0.1, 0.15) is 0 Å². The van der Waals surface area contributed by atoms with Crippen molar-refractivity contribution in [2.75, 3.05) is 6.54 Å². The smallest absolute Gasteiger partial charge is 0.0627 e. The molecule has 3 fully saturated rings. The summed E-state index contributed by atoms with van der Waals surface area (Å²) in [6.45, 7) is 1.25. The normalized spacial score (nSPS) is 30.3. The monoisotopic (exact) mass is 287 g/mol. The molecule has 21 heavy (non-hydrogen) atoms. The second kappa shape index (κ2) is 6.12. The summed E-state index contributed by atoms with van der Waals surface area (Å²) in [4.78, 5) is 0. The van der Waals surface area contributed by atoms with Crippen molar-refractivity contribution in [1.82, 2.24) is 15.1 Å². The minimum Gasteiger partial charge on any atom is -0.314 e. The quantitative estimate of drug-likeness (QED) is 0.864. The summed E-state index contributed by atoms with van der Waals surface area (Å²) in [6.07, 6.45) is 15.9. The van der Waals surface area contributed by atoms with E-state index in [4.69, 9.17) is 5.10 Å². The van der Waals surface area contributed by atoms with Crippen molar-refractivity contribution in [1.29, 1.82) is 0 Å². The Hall–Kier alpha value is -0.830. The van der Waals surface area contributed by atoms with E-state index in [1.807, 2.05) is 0 Å². The fraction of sp³-hybridized carbons (Fsp3) is 0.833. The third-order valence-corrected chi connectivity index (χ3v) is 5.90.